The molecule has 0 saturated heterocycles. The zero-order chi connectivity index (χ0) is 20.4. The molecule has 1 amide bonds. The Balaban J connectivity index is 1.53. The smallest absolute Gasteiger partial charge is 0.314 e. The van der Waals surface area contributed by atoms with Crippen molar-refractivity contribution in [1.82, 2.24) is 15.0 Å². The van der Waals surface area contributed by atoms with E-state index in [-0.39, 0.29) is 5.91 Å². The number of aryl methyl sites for hydroxylation is 1. The minimum Gasteiger partial charge on any atom is -0.316 e. The molecule has 3 N–H and O–H groups in total. The zero-order valence-corrected chi connectivity index (χ0v) is 16.4. The van der Waals surface area contributed by atoms with Gasteiger partial charge in [-0.1, -0.05) is 37.6 Å². The third kappa shape index (κ3) is 4.02. The molecule has 0 spiro atoms. The predicted molar refractivity (Wildman–Crippen MR) is 115 cm³/mol. The van der Waals surface area contributed by atoms with Crippen LogP contribution in [0.3, 0.4) is 0 Å². The maximum atomic E-state index is 12.6. The number of aromatic nitrogens is 3. The van der Waals surface area contributed by atoms with Crippen molar-refractivity contribution in [2.45, 2.75) is 19.8 Å². The van der Waals surface area contributed by atoms with Crippen molar-refractivity contribution >= 4 is 33.4 Å². The number of benzene rings is 2. The van der Waals surface area contributed by atoms with Crippen LogP contribution in [-0.4, -0.2) is 20.9 Å². The summed E-state index contributed by atoms with van der Waals surface area (Å²) in [6.07, 6.45) is 2.15. The summed E-state index contributed by atoms with van der Waals surface area (Å²) >= 11 is 1.34. The summed E-state index contributed by atoms with van der Waals surface area (Å²) in [6, 6.07) is 12.9. The Morgan fingerprint density at radius 1 is 1.03 bits per heavy atom. The van der Waals surface area contributed by atoms with Gasteiger partial charge in [0.25, 0.3) is 5.91 Å². The number of amides is 1. The average molecular weight is 406 g/mol. The van der Waals surface area contributed by atoms with Crippen LogP contribution in [-0.2, 0) is 6.42 Å². The molecule has 2 heterocycles. The van der Waals surface area contributed by atoms with Gasteiger partial charge in [-0.15, -0.1) is 11.3 Å². The van der Waals surface area contributed by atoms with E-state index in [1.165, 1.54) is 23.0 Å². The molecular formula is C21H18N4O3S. The highest BCUT2D eigenvalue weighted by molar-refractivity contribution is 7.14. The maximum absolute atomic E-state index is 12.6. The normalized spacial score (nSPS) is 10.9. The van der Waals surface area contributed by atoms with E-state index in [0.717, 1.165) is 24.1 Å². The topological polar surface area (TPSA) is 108 Å². The average Bonchev–Trinajstić information content (AvgIpc) is 3.18. The van der Waals surface area contributed by atoms with Crippen molar-refractivity contribution < 1.29 is 4.79 Å². The lowest BCUT2D eigenvalue weighted by atomic mass is 10.1. The summed E-state index contributed by atoms with van der Waals surface area (Å²) in [6.45, 7) is 2.15. The van der Waals surface area contributed by atoms with Gasteiger partial charge in [-0.3, -0.25) is 19.7 Å². The Bertz CT molecular complexity index is 1300. The van der Waals surface area contributed by atoms with E-state index in [4.69, 9.17) is 0 Å². The summed E-state index contributed by atoms with van der Waals surface area (Å²) < 4.78 is 0. The fourth-order valence-corrected chi connectivity index (χ4v) is 3.73. The van der Waals surface area contributed by atoms with E-state index < -0.39 is 11.1 Å². The number of carbonyl (C=O) groups is 1. The van der Waals surface area contributed by atoms with Crippen LogP contribution in [0.15, 0.2) is 57.4 Å². The quantitative estimate of drug-likeness (QED) is 0.441. The Morgan fingerprint density at radius 3 is 2.48 bits per heavy atom. The van der Waals surface area contributed by atoms with Gasteiger partial charge in [0.2, 0.25) is 0 Å². The molecule has 0 aliphatic rings. The fraction of sp³-hybridized carbons (Fsp3) is 0.143. The maximum Gasteiger partial charge on any atom is 0.314 e. The third-order valence-corrected chi connectivity index (χ3v) is 5.26. The Hall–Kier alpha value is -3.52. The predicted octanol–water partition coefficient (Wildman–Crippen LogP) is 3.54. The molecule has 4 aromatic rings. The van der Waals surface area contributed by atoms with Crippen LogP contribution in [0.1, 0.15) is 29.3 Å². The van der Waals surface area contributed by atoms with Crippen LogP contribution in [0.25, 0.3) is 22.3 Å². The van der Waals surface area contributed by atoms with Gasteiger partial charge in [-0.2, -0.15) is 0 Å². The molecule has 7 nitrogen and oxygen atoms in total. The van der Waals surface area contributed by atoms with Crippen molar-refractivity contribution in [2.24, 2.45) is 0 Å². The van der Waals surface area contributed by atoms with E-state index in [9.17, 15) is 14.4 Å². The monoisotopic (exact) mass is 406 g/mol. The van der Waals surface area contributed by atoms with Crippen molar-refractivity contribution in [3.8, 4) is 11.3 Å². The summed E-state index contributed by atoms with van der Waals surface area (Å²) in [5.74, 6) is -0.349. The lowest BCUT2D eigenvalue weighted by Crippen LogP contribution is -2.29. The Labute approximate surface area is 169 Å². The minimum absolute atomic E-state index is 0.348. The lowest BCUT2D eigenvalue weighted by Gasteiger charge is -2.04. The molecule has 4 rings (SSSR count). The molecule has 0 aliphatic heterocycles. The van der Waals surface area contributed by atoms with E-state index >= 15 is 0 Å². The first-order valence-corrected chi connectivity index (χ1v) is 10.0. The second-order valence-corrected chi connectivity index (χ2v) is 7.47. The Morgan fingerprint density at radius 2 is 1.76 bits per heavy atom. The van der Waals surface area contributed by atoms with Gasteiger partial charge in [0.15, 0.2) is 5.13 Å². The number of aromatic amines is 2. The van der Waals surface area contributed by atoms with Crippen LogP contribution >= 0.6 is 11.3 Å². The van der Waals surface area contributed by atoms with Crippen LogP contribution in [0.2, 0.25) is 0 Å². The molecule has 0 atom stereocenters. The molecule has 2 aromatic heterocycles. The lowest BCUT2D eigenvalue weighted by molar-refractivity contribution is 0.102. The van der Waals surface area contributed by atoms with Crippen molar-refractivity contribution in [3.05, 3.63) is 79.7 Å². The van der Waals surface area contributed by atoms with E-state index in [1.807, 2.05) is 17.5 Å². The van der Waals surface area contributed by atoms with Crippen LogP contribution < -0.4 is 16.4 Å². The zero-order valence-electron chi connectivity index (χ0n) is 15.6. The number of nitrogens with one attached hydrogen (secondary N) is 3. The summed E-state index contributed by atoms with van der Waals surface area (Å²) in [5.41, 5.74) is 2.78. The third-order valence-electron chi connectivity index (χ3n) is 4.50. The number of hydrogen-bond acceptors (Lipinski definition) is 5. The number of hydrogen-bond donors (Lipinski definition) is 3. The second kappa shape index (κ2) is 7.84. The number of fused-ring (bicyclic) bond motifs is 1. The van der Waals surface area contributed by atoms with Gasteiger partial charge in [-0.25, -0.2) is 4.98 Å². The van der Waals surface area contributed by atoms with Crippen LogP contribution in [0.4, 0.5) is 5.13 Å². The van der Waals surface area contributed by atoms with Gasteiger partial charge in [0, 0.05) is 16.5 Å². The number of carbonyl (C=O) groups excluding carboxylic acids is 1. The first-order valence-electron chi connectivity index (χ1n) is 9.16. The number of rotatable bonds is 5. The van der Waals surface area contributed by atoms with E-state index in [2.05, 4.69) is 39.3 Å². The number of anilines is 1. The summed E-state index contributed by atoms with van der Waals surface area (Å²) in [4.78, 5) is 44.9. The SMILES string of the molecule is CCCc1ccc(-c2csc(NC(=O)c3ccc4[nH]c(=O)c(=O)[nH]c4c3)n2)cc1. The highest BCUT2D eigenvalue weighted by atomic mass is 32.1. The van der Waals surface area contributed by atoms with Gasteiger partial charge >= 0.3 is 11.1 Å². The molecule has 0 unspecified atom stereocenters. The molecular weight excluding hydrogens is 388 g/mol. The molecule has 0 fully saturated rings. The molecule has 29 heavy (non-hydrogen) atoms. The highest BCUT2D eigenvalue weighted by Gasteiger charge is 2.11. The molecule has 146 valence electrons. The molecule has 8 heteroatoms. The second-order valence-electron chi connectivity index (χ2n) is 6.61. The molecule has 2 aromatic carbocycles. The highest BCUT2D eigenvalue weighted by Crippen LogP contribution is 2.26. The fourth-order valence-electron chi connectivity index (χ4n) is 3.02. The van der Waals surface area contributed by atoms with Gasteiger partial charge < -0.3 is 9.97 Å². The molecule has 0 radical (unpaired) electrons. The van der Waals surface area contributed by atoms with E-state index in [1.54, 1.807) is 12.1 Å². The number of H-pyrrole nitrogens is 2. The van der Waals surface area contributed by atoms with Crippen molar-refractivity contribution in [2.75, 3.05) is 5.32 Å². The molecule has 0 aliphatic carbocycles. The largest absolute Gasteiger partial charge is 0.316 e. The van der Waals surface area contributed by atoms with Gasteiger partial charge in [0.1, 0.15) is 0 Å². The van der Waals surface area contributed by atoms with Crippen molar-refractivity contribution in [1.29, 1.82) is 0 Å². The van der Waals surface area contributed by atoms with Crippen LogP contribution in [0.5, 0.6) is 0 Å². The first kappa shape index (κ1) is 18.8. The van der Waals surface area contributed by atoms with Gasteiger partial charge in [-0.05, 0) is 30.2 Å². The van der Waals surface area contributed by atoms with E-state index in [0.29, 0.717) is 21.7 Å². The minimum atomic E-state index is -0.760. The molecule has 0 bridgehead atoms. The number of thiazole rings is 1. The van der Waals surface area contributed by atoms with Gasteiger partial charge in [0.05, 0.1) is 16.7 Å². The summed E-state index contributed by atoms with van der Waals surface area (Å²) in [7, 11) is 0. The standard InChI is InChI=1S/C21H18N4O3S/c1-2-3-12-4-6-13(7-5-12)17-11-29-21(24-17)25-18(26)14-8-9-15-16(10-14)23-20(28)19(27)22-15/h4-11H,2-3H2,1H3,(H,22,27)(H,23,28)(H,24,25,26). The first-order chi connectivity index (χ1) is 14.0. The molecule has 0 saturated carbocycles. The van der Waals surface area contributed by atoms with Crippen LogP contribution in [0, 0.1) is 0 Å². The Kier molecular flexibility index (Phi) is 5.09. The van der Waals surface area contributed by atoms with Crippen molar-refractivity contribution in [3.63, 3.8) is 0 Å². The number of nitrogens with zero attached hydrogens (tertiary/aromatic N) is 1. The summed E-state index contributed by atoms with van der Waals surface area (Å²) in [5, 5.41) is 5.16.